The predicted molar refractivity (Wildman–Crippen MR) is 133 cm³/mol. The van der Waals surface area contributed by atoms with Gasteiger partial charge in [-0.05, 0) is 42.7 Å². The molecule has 1 saturated carbocycles. The Morgan fingerprint density at radius 2 is 1.65 bits per heavy atom. The van der Waals surface area contributed by atoms with Crippen molar-refractivity contribution >= 4 is 23.8 Å². The summed E-state index contributed by atoms with van der Waals surface area (Å²) in [5.74, 6) is -3.88. The lowest BCUT2D eigenvalue weighted by atomic mass is 9.51. The maximum Gasteiger partial charge on any atom is 0.312 e. The fraction of sp³-hybridized carbons (Fsp3) is 0.429. The summed E-state index contributed by atoms with van der Waals surface area (Å²) in [6, 6.07) is 16.6. The highest BCUT2D eigenvalue weighted by molar-refractivity contribution is 5.95. The molecule has 0 aliphatic heterocycles. The first-order valence-corrected chi connectivity index (χ1v) is 12.4. The van der Waals surface area contributed by atoms with Crippen LogP contribution in [0.15, 0.2) is 54.6 Å². The second kappa shape index (κ2) is 12.4. The van der Waals surface area contributed by atoms with Crippen LogP contribution in [0.3, 0.4) is 0 Å². The van der Waals surface area contributed by atoms with Crippen LogP contribution in [0.4, 0.5) is 0 Å². The van der Waals surface area contributed by atoms with E-state index in [1.165, 1.54) is 6.92 Å². The third-order valence-corrected chi connectivity index (χ3v) is 6.52. The van der Waals surface area contributed by atoms with Gasteiger partial charge in [-0.25, -0.2) is 0 Å². The van der Waals surface area contributed by atoms with Gasteiger partial charge in [-0.1, -0.05) is 50.6 Å². The number of hydrogen-bond donors (Lipinski definition) is 2. The van der Waals surface area contributed by atoms with Crippen molar-refractivity contribution in [2.75, 3.05) is 0 Å². The molecule has 0 aromatic heterocycles. The number of carbonyl (C=O) groups is 4. The molecule has 3 rings (SSSR count). The standard InChI is InChI=1S/C28H33NO8/c1-4-15-28(16-22(24(28)25(31)32)26(33)36-18(3)35-23(30)5-2)27(34)29-17-19-11-13-21(14-12-19)37-20-9-7-6-8-10-20/h6-14,18,22,24H,4-5,15-17H2,1-3H3,(H,29,34)(H,31,32). The summed E-state index contributed by atoms with van der Waals surface area (Å²) in [5.41, 5.74) is -0.418. The Kier molecular flexibility index (Phi) is 9.27. The van der Waals surface area contributed by atoms with Crippen LogP contribution in [0.2, 0.25) is 0 Å². The van der Waals surface area contributed by atoms with Crippen LogP contribution in [0, 0.1) is 17.3 Å². The van der Waals surface area contributed by atoms with Crippen LogP contribution >= 0.6 is 0 Å². The van der Waals surface area contributed by atoms with Crippen LogP contribution in [0.25, 0.3) is 0 Å². The van der Waals surface area contributed by atoms with Crippen molar-refractivity contribution < 1.29 is 38.5 Å². The van der Waals surface area contributed by atoms with E-state index in [0.29, 0.717) is 24.3 Å². The van der Waals surface area contributed by atoms with Crippen LogP contribution in [-0.2, 0) is 35.2 Å². The number of aliphatic carboxylic acids is 1. The van der Waals surface area contributed by atoms with Crippen molar-refractivity contribution in [1.82, 2.24) is 5.32 Å². The summed E-state index contributed by atoms with van der Waals surface area (Å²) in [5, 5.41) is 12.8. The highest BCUT2D eigenvalue weighted by atomic mass is 16.7. The lowest BCUT2D eigenvalue weighted by Gasteiger charge is -2.50. The normalized spacial score (nSPS) is 21.2. The van der Waals surface area contributed by atoms with E-state index in [-0.39, 0.29) is 19.4 Å². The van der Waals surface area contributed by atoms with Crippen LogP contribution < -0.4 is 10.1 Å². The fourth-order valence-electron chi connectivity index (χ4n) is 4.74. The van der Waals surface area contributed by atoms with Gasteiger partial charge in [0.05, 0.1) is 17.3 Å². The first-order valence-electron chi connectivity index (χ1n) is 12.4. The highest BCUT2D eigenvalue weighted by Gasteiger charge is 2.64. The van der Waals surface area contributed by atoms with E-state index >= 15 is 0 Å². The maximum atomic E-state index is 13.3. The lowest BCUT2D eigenvalue weighted by molar-refractivity contribution is -0.203. The van der Waals surface area contributed by atoms with Crippen LogP contribution in [-0.4, -0.2) is 35.2 Å². The quantitative estimate of drug-likeness (QED) is 0.316. The molecule has 2 N–H and O–H groups in total. The van der Waals surface area contributed by atoms with Crippen molar-refractivity contribution in [2.24, 2.45) is 17.3 Å². The molecule has 37 heavy (non-hydrogen) atoms. The van der Waals surface area contributed by atoms with Crippen molar-refractivity contribution in [3.8, 4) is 11.5 Å². The van der Waals surface area contributed by atoms with Crippen molar-refractivity contribution in [2.45, 2.75) is 59.3 Å². The number of carboxylic acids is 1. The van der Waals surface area contributed by atoms with Crippen LogP contribution in [0.5, 0.6) is 11.5 Å². The first kappa shape index (κ1) is 27.7. The molecule has 1 aliphatic rings. The molecule has 0 heterocycles. The summed E-state index contributed by atoms with van der Waals surface area (Å²) in [4.78, 5) is 49.5. The Balaban J connectivity index is 1.63. The number of para-hydroxylation sites is 1. The molecular formula is C28H33NO8. The van der Waals surface area contributed by atoms with E-state index < -0.39 is 47.4 Å². The van der Waals surface area contributed by atoms with Gasteiger partial charge in [0.25, 0.3) is 0 Å². The number of hydrogen-bond acceptors (Lipinski definition) is 7. The molecular weight excluding hydrogens is 478 g/mol. The Morgan fingerprint density at radius 1 is 1.00 bits per heavy atom. The Labute approximate surface area is 216 Å². The average Bonchev–Trinajstić information content (AvgIpc) is 2.85. The van der Waals surface area contributed by atoms with Crippen molar-refractivity contribution in [3.63, 3.8) is 0 Å². The van der Waals surface area contributed by atoms with Gasteiger partial charge in [0.1, 0.15) is 11.5 Å². The summed E-state index contributed by atoms with van der Waals surface area (Å²) < 4.78 is 15.9. The number of carbonyl (C=O) groups excluding carboxylic acids is 3. The molecule has 2 aromatic carbocycles. The molecule has 0 bridgehead atoms. The fourth-order valence-corrected chi connectivity index (χ4v) is 4.74. The molecule has 0 spiro atoms. The number of ether oxygens (including phenoxy) is 3. The minimum Gasteiger partial charge on any atom is -0.481 e. The Morgan fingerprint density at radius 3 is 2.24 bits per heavy atom. The van der Waals surface area contributed by atoms with Gasteiger partial charge in [0.2, 0.25) is 12.2 Å². The van der Waals surface area contributed by atoms with Crippen molar-refractivity contribution in [3.05, 3.63) is 60.2 Å². The number of esters is 2. The summed E-state index contributed by atoms with van der Waals surface area (Å²) in [6.45, 7) is 5.05. The van der Waals surface area contributed by atoms with E-state index in [4.69, 9.17) is 14.2 Å². The molecule has 4 atom stereocenters. The number of nitrogens with one attached hydrogen (secondary N) is 1. The number of amides is 1. The van der Waals surface area contributed by atoms with Crippen molar-refractivity contribution in [1.29, 1.82) is 0 Å². The zero-order chi connectivity index (χ0) is 27.0. The average molecular weight is 512 g/mol. The van der Waals surface area contributed by atoms with Gasteiger partial charge in [-0.2, -0.15) is 0 Å². The van der Waals surface area contributed by atoms with E-state index in [1.54, 1.807) is 19.1 Å². The zero-order valence-corrected chi connectivity index (χ0v) is 21.3. The third kappa shape index (κ3) is 6.67. The summed E-state index contributed by atoms with van der Waals surface area (Å²) in [7, 11) is 0. The molecule has 2 aromatic rings. The summed E-state index contributed by atoms with van der Waals surface area (Å²) >= 11 is 0. The molecule has 4 unspecified atom stereocenters. The number of rotatable bonds is 12. The topological polar surface area (TPSA) is 128 Å². The first-order chi connectivity index (χ1) is 17.7. The predicted octanol–water partition coefficient (Wildman–Crippen LogP) is 4.44. The van der Waals surface area contributed by atoms with E-state index in [1.807, 2.05) is 49.4 Å². The highest BCUT2D eigenvalue weighted by Crippen LogP contribution is 2.55. The molecule has 0 radical (unpaired) electrons. The van der Waals surface area contributed by atoms with E-state index in [0.717, 1.165) is 5.56 Å². The molecule has 0 saturated heterocycles. The minimum atomic E-state index is -1.24. The second-order valence-electron chi connectivity index (χ2n) is 9.12. The van der Waals surface area contributed by atoms with Gasteiger partial charge in [-0.15, -0.1) is 0 Å². The maximum absolute atomic E-state index is 13.3. The third-order valence-electron chi connectivity index (χ3n) is 6.52. The van der Waals surface area contributed by atoms with Gasteiger partial charge in [0, 0.05) is 19.9 Å². The largest absolute Gasteiger partial charge is 0.481 e. The zero-order valence-electron chi connectivity index (χ0n) is 21.3. The van der Waals surface area contributed by atoms with E-state index in [2.05, 4.69) is 5.32 Å². The second-order valence-corrected chi connectivity index (χ2v) is 9.12. The molecule has 1 aliphatic carbocycles. The molecule has 9 nitrogen and oxygen atoms in total. The van der Waals surface area contributed by atoms with Crippen LogP contribution in [0.1, 0.15) is 52.0 Å². The monoisotopic (exact) mass is 511 g/mol. The van der Waals surface area contributed by atoms with Gasteiger partial charge in [0.15, 0.2) is 0 Å². The number of benzene rings is 2. The summed E-state index contributed by atoms with van der Waals surface area (Å²) in [6.07, 6.45) is -0.108. The van der Waals surface area contributed by atoms with Gasteiger partial charge < -0.3 is 24.6 Å². The number of carboxylic acid groups (broad SMARTS) is 1. The smallest absolute Gasteiger partial charge is 0.312 e. The van der Waals surface area contributed by atoms with Gasteiger partial charge >= 0.3 is 17.9 Å². The Hall–Kier alpha value is -3.88. The van der Waals surface area contributed by atoms with E-state index in [9.17, 15) is 24.3 Å². The molecule has 1 amide bonds. The SMILES string of the molecule is CCCC1(C(=O)NCc2ccc(Oc3ccccc3)cc2)CC(C(=O)OC(C)OC(=O)CC)C1C(=O)O. The minimum absolute atomic E-state index is 0.0424. The Bertz CT molecular complexity index is 1100. The molecule has 1 fully saturated rings. The lowest BCUT2D eigenvalue weighted by Crippen LogP contribution is -2.62. The molecule has 9 heteroatoms. The molecule has 198 valence electrons. The van der Waals surface area contributed by atoms with Gasteiger partial charge in [-0.3, -0.25) is 19.2 Å².